The number of nitrogens with zero attached hydrogens (tertiary/aromatic N) is 4. The molecule has 0 spiro atoms. The summed E-state index contributed by atoms with van der Waals surface area (Å²) >= 11 is 0. The molecule has 2 aliphatic rings. The molecule has 2 atom stereocenters. The highest BCUT2D eigenvalue weighted by Gasteiger charge is 2.29. The molecule has 7 nitrogen and oxygen atoms in total. The lowest BCUT2D eigenvalue weighted by Gasteiger charge is -2.35. The zero-order chi connectivity index (χ0) is 22.4. The molecule has 2 aromatic heterocycles. The molecule has 8 heteroatoms. The van der Waals surface area contributed by atoms with E-state index in [1.807, 2.05) is 0 Å². The molecule has 5 rings (SSSR count). The predicted octanol–water partition coefficient (Wildman–Crippen LogP) is 3.22. The maximum Gasteiger partial charge on any atom is 0.296 e. The van der Waals surface area contributed by atoms with Crippen molar-refractivity contribution in [3.05, 3.63) is 64.9 Å². The van der Waals surface area contributed by atoms with Gasteiger partial charge >= 0.3 is 0 Å². The van der Waals surface area contributed by atoms with Crippen molar-refractivity contribution in [3.63, 3.8) is 0 Å². The number of hydrogen-bond donors (Lipinski definition) is 1. The number of pyridine rings is 1. The molecule has 0 radical (unpaired) electrons. The molecule has 0 saturated carbocycles. The highest BCUT2D eigenvalue weighted by molar-refractivity contribution is 6.00. The quantitative estimate of drug-likeness (QED) is 0.634. The van der Waals surface area contributed by atoms with Crippen LogP contribution in [0.5, 0.6) is 0 Å². The van der Waals surface area contributed by atoms with Crippen LogP contribution < -0.4 is 0 Å². The van der Waals surface area contributed by atoms with Gasteiger partial charge in [0.15, 0.2) is 0 Å². The molecular formula is C24H27FN4O3. The molecule has 168 valence electrons. The van der Waals surface area contributed by atoms with Crippen molar-refractivity contribution in [1.29, 1.82) is 0 Å². The summed E-state index contributed by atoms with van der Waals surface area (Å²) in [7, 11) is 0. The van der Waals surface area contributed by atoms with Gasteiger partial charge in [-0.25, -0.2) is 14.4 Å². The maximum atomic E-state index is 13.4. The molecule has 0 unspecified atom stereocenters. The molecule has 1 aromatic carbocycles. The van der Waals surface area contributed by atoms with E-state index in [4.69, 9.17) is 4.74 Å². The zero-order valence-electron chi connectivity index (χ0n) is 18.3. The van der Waals surface area contributed by atoms with Crippen molar-refractivity contribution >= 4 is 16.8 Å². The van der Waals surface area contributed by atoms with Crippen molar-refractivity contribution in [2.24, 2.45) is 0 Å². The summed E-state index contributed by atoms with van der Waals surface area (Å²) in [5.74, 6) is -0.718. The van der Waals surface area contributed by atoms with Crippen molar-refractivity contribution in [2.75, 3.05) is 19.6 Å². The van der Waals surface area contributed by atoms with Gasteiger partial charge in [-0.15, -0.1) is 0 Å². The molecule has 1 amide bonds. The fraction of sp³-hybridized carbons (Fsp3) is 0.417. The standard InChI is InChI=1S/C24H27FN4O3/c1-15-10-27(11-16(2)32-15)13-18-14-28(12-17-3-5-19(25)6-4-17)21-9-26-23-20(22(18)21)7-8-29(31)24(23)30/h3-6,9,14-16,31H,7-8,10-13H2,1-2H3/t15-,16+. The Kier molecular flexibility index (Phi) is 5.44. The van der Waals surface area contributed by atoms with Gasteiger partial charge in [-0.2, -0.15) is 0 Å². The molecule has 1 N–H and O–H groups in total. The van der Waals surface area contributed by atoms with Crippen molar-refractivity contribution < 1.29 is 19.1 Å². The topological polar surface area (TPSA) is 70.8 Å². The van der Waals surface area contributed by atoms with Gasteiger partial charge in [0.1, 0.15) is 11.5 Å². The lowest BCUT2D eigenvalue weighted by Crippen LogP contribution is -2.44. The number of ether oxygens (including phenoxy) is 1. The molecule has 2 aliphatic heterocycles. The fourth-order valence-electron chi connectivity index (χ4n) is 5.00. The summed E-state index contributed by atoms with van der Waals surface area (Å²) in [4.78, 5) is 19.3. The van der Waals surface area contributed by atoms with Gasteiger partial charge in [0.2, 0.25) is 0 Å². The third-order valence-corrected chi connectivity index (χ3v) is 6.27. The molecule has 1 fully saturated rings. The van der Waals surface area contributed by atoms with Crippen LogP contribution in [0.15, 0.2) is 36.7 Å². The third-order valence-electron chi connectivity index (χ3n) is 6.27. The molecule has 0 aliphatic carbocycles. The van der Waals surface area contributed by atoms with Crippen LogP contribution in [-0.2, 0) is 24.2 Å². The molecule has 1 saturated heterocycles. The second kappa shape index (κ2) is 8.27. The van der Waals surface area contributed by atoms with E-state index in [1.54, 1.807) is 18.3 Å². The predicted molar refractivity (Wildman–Crippen MR) is 117 cm³/mol. The number of hydroxylamine groups is 2. The van der Waals surface area contributed by atoms with E-state index >= 15 is 0 Å². The Labute approximate surface area is 186 Å². The summed E-state index contributed by atoms with van der Waals surface area (Å²) in [5.41, 5.74) is 4.26. The number of carbonyl (C=O) groups excluding carboxylic acids is 1. The minimum atomic E-state index is -0.459. The number of fused-ring (bicyclic) bond motifs is 3. The van der Waals surface area contributed by atoms with Crippen LogP contribution in [0.25, 0.3) is 10.9 Å². The Balaban J connectivity index is 1.58. The molecule has 4 heterocycles. The van der Waals surface area contributed by atoms with E-state index < -0.39 is 5.91 Å². The highest BCUT2D eigenvalue weighted by Crippen LogP contribution is 2.31. The van der Waals surface area contributed by atoms with Gasteiger partial charge in [-0.3, -0.25) is 14.9 Å². The van der Waals surface area contributed by atoms with Gasteiger partial charge in [-0.1, -0.05) is 12.1 Å². The number of amides is 1. The number of carbonyl (C=O) groups is 1. The van der Waals surface area contributed by atoms with Crippen LogP contribution in [0.1, 0.15) is 41.0 Å². The van der Waals surface area contributed by atoms with E-state index in [1.165, 1.54) is 12.1 Å². The third kappa shape index (κ3) is 3.90. The van der Waals surface area contributed by atoms with Crippen LogP contribution in [0.4, 0.5) is 4.39 Å². The van der Waals surface area contributed by atoms with Crippen LogP contribution >= 0.6 is 0 Å². The number of rotatable bonds is 4. The maximum absolute atomic E-state index is 13.4. The van der Waals surface area contributed by atoms with Crippen LogP contribution in [0.2, 0.25) is 0 Å². The second-order valence-corrected chi connectivity index (χ2v) is 8.88. The number of hydrogen-bond acceptors (Lipinski definition) is 5. The van der Waals surface area contributed by atoms with Crippen molar-refractivity contribution in [3.8, 4) is 0 Å². The fourth-order valence-corrected chi connectivity index (χ4v) is 5.00. The van der Waals surface area contributed by atoms with E-state index in [2.05, 4.69) is 34.5 Å². The van der Waals surface area contributed by atoms with Crippen LogP contribution in [-0.4, -0.2) is 62.5 Å². The average molecular weight is 439 g/mol. The first-order chi connectivity index (χ1) is 15.4. The van der Waals surface area contributed by atoms with E-state index in [0.717, 1.165) is 52.3 Å². The van der Waals surface area contributed by atoms with E-state index in [-0.39, 0.29) is 24.6 Å². The van der Waals surface area contributed by atoms with Crippen molar-refractivity contribution in [2.45, 2.75) is 45.6 Å². The second-order valence-electron chi connectivity index (χ2n) is 8.88. The summed E-state index contributed by atoms with van der Waals surface area (Å²) in [6, 6.07) is 6.50. The minimum absolute atomic E-state index is 0.159. The van der Waals surface area contributed by atoms with Gasteiger partial charge in [-0.05, 0) is 49.1 Å². The normalized spacial score (nSPS) is 21.9. The monoisotopic (exact) mass is 438 g/mol. The van der Waals surface area contributed by atoms with Crippen LogP contribution in [0, 0.1) is 5.82 Å². The Morgan fingerprint density at radius 1 is 1.16 bits per heavy atom. The SMILES string of the molecule is C[C@@H]1CN(Cc2cn(Cc3ccc(F)cc3)c3cnc4c(c23)CCN(O)C4=O)C[C@H](C)O1. The average Bonchev–Trinajstić information content (AvgIpc) is 3.09. The Bertz CT molecular complexity index is 1150. The lowest BCUT2D eigenvalue weighted by atomic mass is 9.98. The first kappa shape index (κ1) is 21.1. The first-order valence-corrected chi connectivity index (χ1v) is 11.0. The highest BCUT2D eigenvalue weighted by atomic mass is 19.1. The van der Waals surface area contributed by atoms with E-state index in [9.17, 15) is 14.4 Å². The van der Waals surface area contributed by atoms with Crippen molar-refractivity contribution in [1.82, 2.24) is 19.5 Å². The van der Waals surface area contributed by atoms with Gasteiger partial charge in [0.05, 0.1) is 30.5 Å². The number of aromatic nitrogens is 2. The molecule has 3 aromatic rings. The summed E-state index contributed by atoms with van der Waals surface area (Å²) in [6.07, 6.45) is 4.70. The summed E-state index contributed by atoms with van der Waals surface area (Å²) in [5, 5.41) is 11.7. The first-order valence-electron chi connectivity index (χ1n) is 11.0. The Morgan fingerprint density at radius 2 is 1.88 bits per heavy atom. The molecule has 32 heavy (non-hydrogen) atoms. The van der Waals surface area contributed by atoms with Gasteiger partial charge < -0.3 is 9.30 Å². The largest absolute Gasteiger partial charge is 0.373 e. The molecular weight excluding hydrogens is 411 g/mol. The molecule has 0 bridgehead atoms. The van der Waals surface area contributed by atoms with Gasteiger partial charge in [0, 0.05) is 37.8 Å². The smallest absolute Gasteiger partial charge is 0.296 e. The Hall–Kier alpha value is -2.81. The van der Waals surface area contributed by atoms with Crippen LogP contribution in [0.3, 0.4) is 0 Å². The lowest BCUT2D eigenvalue weighted by molar-refractivity contribution is -0.0704. The number of halogens is 1. The Morgan fingerprint density at radius 3 is 2.59 bits per heavy atom. The van der Waals surface area contributed by atoms with Gasteiger partial charge in [0.25, 0.3) is 5.91 Å². The summed E-state index contributed by atoms with van der Waals surface area (Å²) in [6.45, 7) is 7.41. The van der Waals surface area contributed by atoms with E-state index in [0.29, 0.717) is 18.7 Å². The zero-order valence-corrected chi connectivity index (χ0v) is 18.3. The number of morpholine rings is 1. The number of benzene rings is 1. The minimum Gasteiger partial charge on any atom is -0.373 e. The summed E-state index contributed by atoms with van der Waals surface area (Å²) < 4.78 is 21.4.